The lowest BCUT2D eigenvalue weighted by Gasteiger charge is -1.97. The molecule has 0 aliphatic carbocycles. The van der Waals surface area contributed by atoms with Gasteiger partial charge in [0, 0.05) is 24.5 Å². The molecule has 3 rings (SSSR count). The zero-order valence-electron chi connectivity index (χ0n) is 9.83. The molecule has 90 valence electrons. The number of thiophene rings is 1. The second-order valence-corrected chi connectivity index (χ2v) is 4.89. The summed E-state index contributed by atoms with van der Waals surface area (Å²) >= 11 is 1.59. The average Bonchev–Trinajstić information content (AvgIpc) is 3.05. The number of aryl methyl sites for hydroxylation is 1. The normalized spacial score (nSPS) is 10.9. The van der Waals surface area contributed by atoms with Crippen LogP contribution >= 0.6 is 11.3 Å². The Bertz CT molecular complexity index is 714. The van der Waals surface area contributed by atoms with Crippen LogP contribution in [0, 0.1) is 0 Å². The third-order valence-electron chi connectivity index (χ3n) is 2.78. The molecule has 3 aromatic heterocycles. The van der Waals surface area contributed by atoms with Gasteiger partial charge in [-0.25, -0.2) is 0 Å². The van der Waals surface area contributed by atoms with Crippen molar-refractivity contribution in [1.29, 1.82) is 0 Å². The summed E-state index contributed by atoms with van der Waals surface area (Å²) < 4.78 is 2.77. The van der Waals surface area contributed by atoms with E-state index in [9.17, 15) is 4.79 Å². The predicted octanol–water partition coefficient (Wildman–Crippen LogP) is 2.74. The summed E-state index contributed by atoms with van der Waals surface area (Å²) in [5.74, 6) is -0.0301. The number of carbonyl (C=O) groups is 1. The van der Waals surface area contributed by atoms with E-state index in [1.165, 1.54) is 0 Å². The molecule has 0 atom stereocenters. The highest BCUT2D eigenvalue weighted by Gasteiger charge is 2.12. The largest absolute Gasteiger partial charge is 0.288 e. The van der Waals surface area contributed by atoms with E-state index in [0.717, 1.165) is 16.8 Å². The monoisotopic (exact) mass is 257 g/mol. The third-order valence-corrected chi connectivity index (χ3v) is 3.64. The molecule has 0 saturated carbocycles. The molecule has 0 spiro atoms. The van der Waals surface area contributed by atoms with Gasteiger partial charge in [-0.05, 0) is 24.4 Å². The molecule has 0 N–H and O–H groups in total. The molecule has 4 nitrogen and oxygen atoms in total. The van der Waals surface area contributed by atoms with E-state index < -0.39 is 0 Å². The highest BCUT2D eigenvalue weighted by Crippen LogP contribution is 2.20. The fourth-order valence-corrected chi connectivity index (χ4v) is 2.57. The van der Waals surface area contributed by atoms with Crippen LogP contribution in [-0.2, 0) is 6.54 Å². The summed E-state index contributed by atoms with van der Waals surface area (Å²) in [6.07, 6.45) is 4.99. The van der Waals surface area contributed by atoms with Crippen LogP contribution in [0.15, 0.2) is 36.1 Å². The number of aromatic nitrogens is 3. The molecule has 0 aliphatic rings. The maximum atomic E-state index is 12.3. The topological polar surface area (TPSA) is 47.8 Å². The quantitative estimate of drug-likeness (QED) is 0.678. The zero-order chi connectivity index (χ0) is 12.5. The maximum Gasteiger partial charge on any atom is 0.197 e. The molecule has 0 unspecified atom stereocenters. The smallest absolute Gasteiger partial charge is 0.197 e. The molecule has 3 aromatic rings. The number of hydrogen-bond acceptors (Lipinski definition) is 4. The number of ketones is 1. The molecule has 0 radical (unpaired) electrons. The first-order chi connectivity index (χ1) is 8.78. The lowest BCUT2D eigenvalue weighted by molar-refractivity contribution is 0.103. The Kier molecular flexibility index (Phi) is 2.68. The Morgan fingerprint density at radius 1 is 1.39 bits per heavy atom. The van der Waals surface area contributed by atoms with Gasteiger partial charge in [0.15, 0.2) is 5.78 Å². The van der Waals surface area contributed by atoms with E-state index >= 15 is 0 Å². The Morgan fingerprint density at radius 3 is 3.06 bits per heavy atom. The molecule has 0 fully saturated rings. The van der Waals surface area contributed by atoms with Crippen molar-refractivity contribution >= 4 is 27.3 Å². The predicted molar refractivity (Wildman–Crippen MR) is 71.0 cm³/mol. The molecule has 0 amide bonds. The van der Waals surface area contributed by atoms with Crippen molar-refractivity contribution in [3.05, 3.63) is 47.2 Å². The van der Waals surface area contributed by atoms with Crippen molar-refractivity contribution < 1.29 is 4.79 Å². The number of pyridine rings is 1. The first-order valence-electron chi connectivity index (χ1n) is 5.68. The van der Waals surface area contributed by atoms with Crippen LogP contribution in [0.2, 0.25) is 0 Å². The fraction of sp³-hybridized carbons (Fsp3) is 0.154. The summed E-state index contributed by atoms with van der Waals surface area (Å²) in [6.45, 7) is 2.75. The van der Waals surface area contributed by atoms with Crippen molar-refractivity contribution in [2.45, 2.75) is 13.5 Å². The van der Waals surface area contributed by atoms with E-state index in [-0.39, 0.29) is 5.78 Å². The molecule has 0 bridgehead atoms. The molecule has 5 heteroatoms. The van der Waals surface area contributed by atoms with Crippen molar-refractivity contribution in [2.24, 2.45) is 0 Å². The SMILES string of the molecule is CCn1cc(C(=O)c2cnc3ccsc3c2)cn1. The van der Waals surface area contributed by atoms with Crippen molar-refractivity contribution in [1.82, 2.24) is 14.8 Å². The minimum absolute atomic E-state index is 0.0301. The van der Waals surface area contributed by atoms with E-state index in [4.69, 9.17) is 0 Å². The van der Waals surface area contributed by atoms with Crippen LogP contribution in [-0.4, -0.2) is 20.5 Å². The average molecular weight is 257 g/mol. The minimum Gasteiger partial charge on any atom is -0.288 e. The second kappa shape index (κ2) is 4.34. The Balaban J connectivity index is 2.00. The van der Waals surface area contributed by atoms with Gasteiger partial charge in [-0.15, -0.1) is 11.3 Å². The molecular formula is C13H11N3OS. The molecule has 3 heterocycles. The van der Waals surface area contributed by atoms with Crippen LogP contribution in [0.5, 0.6) is 0 Å². The highest BCUT2D eigenvalue weighted by atomic mass is 32.1. The first-order valence-corrected chi connectivity index (χ1v) is 6.56. The van der Waals surface area contributed by atoms with E-state index in [1.54, 1.807) is 34.6 Å². The number of rotatable bonds is 3. The van der Waals surface area contributed by atoms with Gasteiger partial charge in [-0.1, -0.05) is 0 Å². The van der Waals surface area contributed by atoms with Gasteiger partial charge in [-0.3, -0.25) is 14.5 Å². The number of hydrogen-bond donors (Lipinski definition) is 0. The van der Waals surface area contributed by atoms with Gasteiger partial charge < -0.3 is 0 Å². The molecule has 18 heavy (non-hydrogen) atoms. The fourth-order valence-electron chi connectivity index (χ4n) is 1.79. The Hall–Kier alpha value is -2.01. The summed E-state index contributed by atoms with van der Waals surface area (Å²) in [4.78, 5) is 16.5. The summed E-state index contributed by atoms with van der Waals surface area (Å²) in [5, 5.41) is 6.08. The molecule has 0 aliphatic heterocycles. The lowest BCUT2D eigenvalue weighted by atomic mass is 10.1. The van der Waals surface area contributed by atoms with Gasteiger partial charge in [0.2, 0.25) is 0 Å². The number of fused-ring (bicyclic) bond motifs is 1. The lowest BCUT2D eigenvalue weighted by Crippen LogP contribution is -2.00. The molecule has 0 saturated heterocycles. The van der Waals surface area contributed by atoms with Crippen LogP contribution in [0.4, 0.5) is 0 Å². The standard InChI is InChI=1S/C13H11N3OS/c1-2-16-8-10(7-15-16)13(17)9-5-12-11(14-6-9)3-4-18-12/h3-8H,2H2,1H3. The molecule has 0 aromatic carbocycles. The van der Waals surface area contributed by atoms with Crippen LogP contribution < -0.4 is 0 Å². The van der Waals surface area contributed by atoms with Crippen LogP contribution in [0.1, 0.15) is 22.8 Å². The summed E-state index contributed by atoms with van der Waals surface area (Å²) in [6, 6.07) is 3.84. The van der Waals surface area contributed by atoms with Gasteiger partial charge >= 0.3 is 0 Å². The zero-order valence-corrected chi connectivity index (χ0v) is 10.6. The number of nitrogens with zero attached hydrogens (tertiary/aromatic N) is 3. The van der Waals surface area contributed by atoms with Crippen molar-refractivity contribution in [2.75, 3.05) is 0 Å². The molecular weight excluding hydrogens is 246 g/mol. The second-order valence-electron chi connectivity index (χ2n) is 3.94. The van der Waals surface area contributed by atoms with E-state index in [2.05, 4.69) is 10.1 Å². The van der Waals surface area contributed by atoms with Gasteiger partial charge in [0.1, 0.15) is 0 Å². The van der Waals surface area contributed by atoms with Gasteiger partial charge in [-0.2, -0.15) is 5.10 Å². The van der Waals surface area contributed by atoms with Gasteiger partial charge in [0.05, 0.1) is 22.0 Å². The first kappa shape index (κ1) is 11.1. The van der Waals surface area contributed by atoms with Crippen LogP contribution in [0.25, 0.3) is 10.2 Å². The number of carbonyl (C=O) groups excluding carboxylic acids is 1. The highest BCUT2D eigenvalue weighted by molar-refractivity contribution is 7.17. The van der Waals surface area contributed by atoms with Crippen molar-refractivity contribution in [3.8, 4) is 0 Å². The Labute approximate surface area is 108 Å². The van der Waals surface area contributed by atoms with Crippen LogP contribution in [0.3, 0.4) is 0 Å². The third kappa shape index (κ3) is 1.82. The minimum atomic E-state index is -0.0301. The summed E-state index contributed by atoms with van der Waals surface area (Å²) in [5.41, 5.74) is 2.15. The maximum absolute atomic E-state index is 12.3. The van der Waals surface area contributed by atoms with E-state index in [1.807, 2.05) is 24.4 Å². The summed E-state index contributed by atoms with van der Waals surface area (Å²) in [7, 11) is 0. The van der Waals surface area contributed by atoms with Crippen molar-refractivity contribution in [3.63, 3.8) is 0 Å². The van der Waals surface area contributed by atoms with E-state index in [0.29, 0.717) is 11.1 Å². The Morgan fingerprint density at radius 2 is 2.28 bits per heavy atom. The van der Waals surface area contributed by atoms with Gasteiger partial charge in [0.25, 0.3) is 0 Å².